The van der Waals surface area contributed by atoms with Crippen molar-refractivity contribution in [3.8, 4) is 0 Å². The topological polar surface area (TPSA) is 89.9 Å². The number of carbonyl (C=O) groups excluding carboxylic acids is 2. The van der Waals surface area contributed by atoms with Gasteiger partial charge in [0.2, 0.25) is 0 Å². The quantitative estimate of drug-likeness (QED) is 0.298. The van der Waals surface area contributed by atoms with Crippen LogP contribution in [0.5, 0.6) is 0 Å². The van der Waals surface area contributed by atoms with Gasteiger partial charge < -0.3 is 14.6 Å². The minimum absolute atomic E-state index is 0.189. The standard InChI is InChI=1S/C17H30O6/c1-3-5-7-9-11-22-15(18)13-14(16(19)20)17(21)23-12-10-8-6-4-2/h14H,3-13H2,1-2H3,(H,19,20). The van der Waals surface area contributed by atoms with Crippen molar-refractivity contribution in [2.75, 3.05) is 13.2 Å². The van der Waals surface area contributed by atoms with E-state index in [1.807, 2.05) is 0 Å². The third kappa shape index (κ3) is 11.6. The third-order valence-electron chi connectivity index (χ3n) is 3.46. The molecule has 0 radical (unpaired) electrons. The molecule has 0 aromatic heterocycles. The Bertz CT molecular complexity index is 353. The molecule has 6 nitrogen and oxygen atoms in total. The Balaban J connectivity index is 4.06. The highest BCUT2D eigenvalue weighted by Crippen LogP contribution is 2.10. The second kappa shape index (κ2) is 14.0. The second-order valence-electron chi connectivity index (χ2n) is 5.60. The van der Waals surface area contributed by atoms with Crippen molar-refractivity contribution in [2.24, 2.45) is 5.92 Å². The lowest BCUT2D eigenvalue weighted by atomic mass is 10.1. The zero-order valence-electron chi connectivity index (χ0n) is 14.3. The molecule has 0 saturated carbocycles. The first-order valence-corrected chi connectivity index (χ1v) is 8.57. The summed E-state index contributed by atoms with van der Waals surface area (Å²) in [6.45, 7) is 4.60. The zero-order valence-corrected chi connectivity index (χ0v) is 14.3. The molecule has 0 aliphatic carbocycles. The average molecular weight is 330 g/mol. The summed E-state index contributed by atoms with van der Waals surface area (Å²) in [5.74, 6) is -4.37. The Hall–Kier alpha value is -1.59. The Morgan fingerprint density at radius 2 is 1.35 bits per heavy atom. The lowest BCUT2D eigenvalue weighted by Crippen LogP contribution is -2.29. The maximum atomic E-state index is 11.8. The van der Waals surface area contributed by atoms with Gasteiger partial charge in [-0.1, -0.05) is 52.4 Å². The van der Waals surface area contributed by atoms with Gasteiger partial charge in [-0.05, 0) is 12.8 Å². The summed E-state index contributed by atoms with van der Waals surface area (Å²) in [6, 6.07) is 0. The van der Waals surface area contributed by atoms with Gasteiger partial charge in [-0.25, -0.2) is 0 Å². The number of ether oxygens (including phenoxy) is 2. The first-order chi connectivity index (χ1) is 11.0. The highest BCUT2D eigenvalue weighted by molar-refractivity contribution is 5.97. The van der Waals surface area contributed by atoms with E-state index >= 15 is 0 Å². The SMILES string of the molecule is CCCCCCOC(=O)CC(C(=O)O)C(=O)OCCCCCC. The normalized spacial score (nSPS) is 11.7. The molecule has 0 saturated heterocycles. The fraction of sp³-hybridized carbons (Fsp3) is 0.824. The smallest absolute Gasteiger partial charge is 0.320 e. The average Bonchev–Trinajstić information content (AvgIpc) is 2.51. The molecular weight excluding hydrogens is 300 g/mol. The number of esters is 2. The Labute approximate surface area is 138 Å². The van der Waals surface area contributed by atoms with E-state index in [1.165, 1.54) is 0 Å². The van der Waals surface area contributed by atoms with Gasteiger partial charge in [-0.15, -0.1) is 0 Å². The predicted molar refractivity (Wildman–Crippen MR) is 85.9 cm³/mol. The highest BCUT2D eigenvalue weighted by atomic mass is 16.5. The first-order valence-electron chi connectivity index (χ1n) is 8.57. The molecule has 0 aliphatic heterocycles. The summed E-state index contributed by atoms with van der Waals surface area (Å²) in [6.07, 6.45) is 7.13. The van der Waals surface area contributed by atoms with Gasteiger partial charge in [0, 0.05) is 0 Å². The molecule has 0 heterocycles. The van der Waals surface area contributed by atoms with E-state index in [1.54, 1.807) is 0 Å². The predicted octanol–water partition coefficient (Wildman–Crippen LogP) is 3.32. The fourth-order valence-corrected chi connectivity index (χ4v) is 2.01. The van der Waals surface area contributed by atoms with E-state index in [0.717, 1.165) is 44.9 Å². The lowest BCUT2D eigenvalue weighted by Gasteiger charge is -2.12. The van der Waals surface area contributed by atoms with E-state index in [0.29, 0.717) is 6.42 Å². The number of aliphatic carboxylic acids is 1. The summed E-state index contributed by atoms with van der Waals surface area (Å²) < 4.78 is 9.91. The van der Waals surface area contributed by atoms with Gasteiger partial charge in [0.05, 0.1) is 19.6 Å². The van der Waals surface area contributed by atoms with Crippen molar-refractivity contribution >= 4 is 17.9 Å². The molecule has 1 atom stereocenters. The molecule has 0 fully saturated rings. The number of carbonyl (C=O) groups is 3. The van der Waals surface area contributed by atoms with Gasteiger partial charge >= 0.3 is 17.9 Å². The fourth-order valence-electron chi connectivity index (χ4n) is 2.01. The molecule has 0 aromatic rings. The molecule has 134 valence electrons. The molecular formula is C17H30O6. The van der Waals surface area contributed by atoms with Crippen LogP contribution in [0.25, 0.3) is 0 Å². The number of carboxylic acid groups (broad SMARTS) is 1. The van der Waals surface area contributed by atoms with Crippen molar-refractivity contribution in [1.29, 1.82) is 0 Å². The molecule has 1 unspecified atom stereocenters. The summed E-state index contributed by atoms with van der Waals surface area (Å²) >= 11 is 0. The van der Waals surface area contributed by atoms with Crippen molar-refractivity contribution in [1.82, 2.24) is 0 Å². The summed E-state index contributed by atoms with van der Waals surface area (Å²) in [7, 11) is 0. The van der Waals surface area contributed by atoms with E-state index in [9.17, 15) is 14.4 Å². The summed E-state index contributed by atoms with van der Waals surface area (Å²) in [4.78, 5) is 34.5. The zero-order chi connectivity index (χ0) is 17.5. The van der Waals surface area contributed by atoms with Crippen LogP contribution in [0, 0.1) is 5.92 Å². The van der Waals surface area contributed by atoms with E-state index in [4.69, 9.17) is 14.6 Å². The van der Waals surface area contributed by atoms with Crippen LogP contribution in [-0.4, -0.2) is 36.2 Å². The van der Waals surface area contributed by atoms with Gasteiger partial charge in [-0.2, -0.15) is 0 Å². The third-order valence-corrected chi connectivity index (χ3v) is 3.46. The molecule has 0 bridgehead atoms. The molecule has 1 N–H and O–H groups in total. The lowest BCUT2D eigenvalue weighted by molar-refractivity contribution is -0.164. The largest absolute Gasteiger partial charge is 0.481 e. The molecule has 0 aromatic carbocycles. The first kappa shape index (κ1) is 21.4. The molecule has 0 rings (SSSR count). The van der Waals surface area contributed by atoms with Crippen LogP contribution < -0.4 is 0 Å². The van der Waals surface area contributed by atoms with Crippen LogP contribution >= 0.6 is 0 Å². The maximum Gasteiger partial charge on any atom is 0.320 e. The Kier molecular flexibility index (Phi) is 13.1. The Morgan fingerprint density at radius 1 is 0.826 bits per heavy atom. The van der Waals surface area contributed by atoms with E-state index < -0.39 is 30.2 Å². The van der Waals surface area contributed by atoms with Crippen molar-refractivity contribution in [3.05, 3.63) is 0 Å². The minimum atomic E-state index is -1.48. The Morgan fingerprint density at radius 3 is 1.83 bits per heavy atom. The number of rotatable bonds is 14. The van der Waals surface area contributed by atoms with E-state index in [-0.39, 0.29) is 13.2 Å². The van der Waals surface area contributed by atoms with Gasteiger partial charge in [0.1, 0.15) is 0 Å². The second-order valence-corrected chi connectivity index (χ2v) is 5.60. The number of unbranched alkanes of at least 4 members (excludes halogenated alkanes) is 6. The maximum absolute atomic E-state index is 11.8. The number of carboxylic acids is 1. The molecule has 0 amide bonds. The highest BCUT2D eigenvalue weighted by Gasteiger charge is 2.31. The number of hydrogen-bond donors (Lipinski definition) is 1. The summed E-state index contributed by atoms with van der Waals surface area (Å²) in [5.41, 5.74) is 0. The van der Waals surface area contributed by atoms with Crippen LogP contribution in [0.3, 0.4) is 0 Å². The monoisotopic (exact) mass is 330 g/mol. The molecule has 0 spiro atoms. The van der Waals surface area contributed by atoms with Crippen LogP contribution in [0.2, 0.25) is 0 Å². The van der Waals surface area contributed by atoms with Crippen LogP contribution in [-0.2, 0) is 23.9 Å². The van der Waals surface area contributed by atoms with Gasteiger partial charge in [0.15, 0.2) is 5.92 Å². The van der Waals surface area contributed by atoms with Crippen molar-refractivity contribution in [3.63, 3.8) is 0 Å². The number of hydrogen-bond acceptors (Lipinski definition) is 5. The minimum Gasteiger partial charge on any atom is -0.481 e. The molecule has 6 heteroatoms. The van der Waals surface area contributed by atoms with Crippen LogP contribution in [0.4, 0.5) is 0 Å². The van der Waals surface area contributed by atoms with Crippen LogP contribution in [0.1, 0.15) is 71.6 Å². The summed E-state index contributed by atoms with van der Waals surface area (Å²) in [5, 5.41) is 9.07. The van der Waals surface area contributed by atoms with Gasteiger partial charge in [-0.3, -0.25) is 14.4 Å². The molecule has 0 aliphatic rings. The van der Waals surface area contributed by atoms with Crippen LogP contribution in [0.15, 0.2) is 0 Å². The van der Waals surface area contributed by atoms with Gasteiger partial charge in [0.25, 0.3) is 0 Å². The van der Waals surface area contributed by atoms with E-state index in [2.05, 4.69) is 13.8 Å². The van der Waals surface area contributed by atoms with Crippen molar-refractivity contribution in [2.45, 2.75) is 71.6 Å². The van der Waals surface area contributed by atoms with Crippen molar-refractivity contribution < 1.29 is 29.0 Å². The molecule has 23 heavy (non-hydrogen) atoms.